The molecule has 2 rings (SSSR count). The molecule has 2 aromatic rings. The molecular formula is C20H25FN2O3S. The van der Waals surface area contributed by atoms with Gasteiger partial charge in [0.05, 0.1) is 11.4 Å². The second kappa shape index (κ2) is 9.10. The van der Waals surface area contributed by atoms with Crippen molar-refractivity contribution in [2.45, 2.75) is 24.7 Å². The van der Waals surface area contributed by atoms with E-state index in [0.29, 0.717) is 12.5 Å². The van der Waals surface area contributed by atoms with Crippen LogP contribution in [0, 0.1) is 11.7 Å². The average molecular weight is 392 g/mol. The zero-order chi connectivity index (χ0) is 20.0. The lowest BCUT2D eigenvalue weighted by Crippen LogP contribution is -2.40. The van der Waals surface area contributed by atoms with Crippen molar-refractivity contribution in [1.29, 1.82) is 0 Å². The third-order valence-corrected chi connectivity index (χ3v) is 6.26. The van der Waals surface area contributed by atoms with Crippen LogP contribution in [0.25, 0.3) is 0 Å². The Kier molecular flexibility index (Phi) is 7.10. The molecular weight excluding hydrogens is 367 g/mol. The summed E-state index contributed by atoms with van der Waals surface area (Å²) in [6.07, 6.45) is 0. The molecule has 27 heavy (non-hydrogen) atoms. The van der Waals surface area contributed by atoms with Gasteiger partial charge in [-0.1, -0.05) is 44.2 Å². The Bertz CT molecular complexity index is 853. The number of sulfonamides is 1. The summed E-state index contributed by atoms with van der Waals surface area (Å²) >= 11 is 0. The van der Waals surface area contributed by atoms with Gasteiger partial charge in [0.1, 0.15) is 5.82 Å². The van der Waals surface area contributed by atoms with Gasteiger partial charge in [0.25, 0.3) is 0 Å². The summed E-state index contributed by atoms with van der Waals surface area (Å²) in [5.74, 6) is -0.456. The molecule has 0 heterocycles. The summed E-state index contributed by atoms with van der Waals surface area (Å²) in [5, 5.41) is 2.82. The fourth-order valence-corrected chi connectivity index (χ4v) is 3.92. The van der Waals surface area contributed by atoms with Gasteiger partial charge in [0, 0.05) is 19.5 Å². The number of amides is 1. The SMILES string of the molecule is CC(C)C(CNC(=O)CN(C)S(=O)(=O)c1ccc(F)cc1)c1ccccc1. The molecule has 0 aromatic heterocycles. The zero-order valence-electron chi connectivity index (χ0n) is 15.7. The molecule has 1 amide bonds. The van der Waals surface area contributed by atoms with E-state index < -0.39 is 15.8 Å². The number of likely N-dealkylation sites (N-methyl/N-ethyl adjacent to an activating group) is 1. The summed E-state index contributed by atoms with van der Waals surface area (Å²) in [5.41, 5.74) is 1.13. The van der Waals surface area contributed by atoms with Crippen LogP contribution in [0.1, 0.15) is 25.3 Å². The third-order valence-electron chi connectivity index (χ3n) is 4.44. The predicted molar refractivity (Wildman–Crippen MR) is 103 cm³/mol. The molecule has 0 bridgehead atoms. The van der Waals surface area contributed by atoms with E-state index in [-0.39, 0.29) is 23.3 Å². The van der Waals surface area contributed by atoms with Crippen molar-refractivity contribution in [3.05, 3.63) is 66.0 Å². The highest BCUT2D eigenvalue weighted by Crippen LogP contribution is 2.23. The van der Waals surface area contributed by atoms with Gasteiger partial charge in [-0.2, -0.15) is 4.31 Å². The Morgan fingerprint density at radius 1 is 1.07 bits per heavy atom. The molecule has 0 saturated carbocycles. The van der Waals surface area contributed by atoms with Crippen molar-refractivity contribution in [3.63, 3.8) is 0 Å². The molecule has 1 atom stereocenters. The van der Waals surface area contributed by atoms with Crippen LogP contribution in [0.3, 0.4) is 0 Å². The number of hydrogen-bond donors (Lipinski definition) is 1. The quantitative estimate of drug-likeness (QED) is 0.751. The first kappa shape index (κ1) is 21.1. The molecule has 1 N–H and O–H groups in total. The summed E-state index contributed by atoms with van der Waals surface area (Å²) in [6, 6.07) is 14.4. The molecule has 1 unspecified atom stereocenters. The van der Waals surface area contributed by atoms with E-state index in [1.165, 1.54) is 19.2 Å². The second-order valence-electron chi connectivity index (χ2n) is 6.78. The lowest BCUT2D eigenvalue weighted by Gasteiger charge is -2.23. The maximum absolute atomic E-state index is 13.0. The van der Waals surface area contributed by atoms with E-state index in [9.17, 15) is 17.6 Å². The van der Waals surface area contributed by atoms with Crippen LogP contribution in [0.2, 0.25) is 0 Å². The fourth-order valence-electron chi connectivity index (χ4n) is 2.79. The first-order valence-corrected chi connectivity index (χ1v) is 10.2. The number of benzene rings is 2. The minimum atomic E-state index is -3.85. The van der Waals surface area contributed by atoms with Gasteiger partial charge in [-0.3, -0.25) is 4.79 Å². The number of carbonyl (C=O) groups is 1. The zero-order valence-corrected chi connectivity index (χ0v) is 16.5. The lowest BCUT2D eigenvalue weighted by molar-refractivity contribution is -0.121. The number of halogens is 1. The van der Waals surface area contributed by atoms with Crippen LogP contribution in [-0.2, 0) is 14.8 Å². The van der Waals surface area contributed by atoms with Gasteiger partial charge in [-0.15, -0.1) is 0 Å². The number of nitrogens with zero attached hydrogens (tertiary/aromatic N) is 1. The van der Waals surface area contributed by atoms with Crippen LogP contribution in [0.5, 0.6) is 0 Å². The highest BCUT2D eigenvalue weighted by atomic mass is 32.2. The first-order valence-electron chi connectivity index (χ1n) is 8.75. The van der Waals surface area contributed by atoms with Crippen LogP contribution in [-0.4, -0.2) is 38.8 Å². The Morgan fingerprint density at radius 2 is 1.67 bits per heavy atom. The molecule has 0 spiro atoms. The molecule has 7 heteroatoms. The summed E-state index contributed by atoms with van der Waals surface area (Å²) in [7, 11) is -2.52. The van der Waals surface area contributed by atoms with Crippen molar-refractivity contribution >= 4 is 15.9 Å². The number of rotatable bonds is 8. The Morgan fingerprint density at radius 3 is 2.22 bits per heavy atom. The minimum absolute atomic E-state index is 0.0523. The Hall–Kier alpha value is -2.25. The normalized spacial score (nSPS) is 13.0. The summed E-state index contributed by atoms with van der Waals surface area (Å²) in [6.45, 7) is 4.27. The molecule has 0 radical (unpaired) electrons. The van der Waals surface area contributed by atoms with Gasteiger partial charge >= 0.3 is 0 Å². The second-order valence-corrected chi connectivity index (χ2v) is 8.83. The summed E-state index contributed by atoms with van der Waals surface area (Å²) in [4.78, 5) is 12.2. The molecule has 146 valence electrons. The monoisotopic (exact) mass is 392 g/mol. The minimum Gasteiger partial charge on any atom is -0.354 e. The molecule has 0 saturated heterocycles. The Labute approximate surface area is 160 Å². The standard InChI is InChI=1S/C20H25FN2O3S/c1-15(2)19(16-7-5-4-6-8-16)13-22-20(24)14-23(3)27(25,26)18-11-9-17(21)10-12-18/h4-12,15,19H,13-14H2,1-3H3,(H,22,24). The highest BCUT2D eigenvalue weighted by molar-refractivity contribution is 7.89. The van der Waals surface area contributed by atoms with Crippen molar-refractivity contribution < 1.29 is 17.6 Å². The topological polar surface area (TPSA) is 66.5 Å². The third kappa shape index (κ3) is 5.61. The van der Waals surface area contributed by atoms with Gasteiger partial charge in [-0.25, -0.2) is 12.8 Å². The van der Waals surface area contributed by atoms with Gasteiger partial charge in [-0.05, 0) is 35.7 Å². The fraction of sp³-hybridized carbons (Fsp3) is 0.350. The van der Waals surface area contributed by atoms with Crippen molar-refractivity contribution in [2.75, 3.05) is 20.1 Å². The average Bonchev–Trinajstić information content (AvgIpc) is 2.62. The highest BCUT2D eigenvalue weighted by Gasteiger charge is 2.24. The van der Waals surface area contributed by atoms with Gasteiger partial charge in [0.15, 0.2) is 0 Å². The molecule has 0 fully saturated rings. The smallest absolute Gasteiger partial charge is 0.243 e. The Balaban J connectivity index is 1.99. The van der Waals surface area contributed by atoms with Crippen LogP contribution in [0.15, 0.2) is 59.5 Å². The van der Waals surface area contributed by atoms with Crippen LogP contribution in [0.4, 0.5) is 4.39 Å². The lowest BCUT2D eigenvalue weighted by atomic mass is 9.88. The van der Waals surface area contributed by atoms with Crippen LogP contribution < -0.4 is 5.32 Å². The maximum atomic E-state index is 13.0. The molecule has 0 aliphatic heterocycles. The number of carbonyl (C=O) groups excluding carboxylic acids is 1. The largest absolute Gasteiger partial charge is 0.354 e. The first-order chi connectivity index (χ1) is 12.7. The molecule has 0 aliphatic rings. The van der Waals surface area contributed by atoms with Crippen molar-refractivity contribution in [1.82, 2.24) is 9.62 Å². The van der Waals surface area contributed by atoms with E-state index in [0.717, 1.165) is 22.0 Å². The van der Waals surface area contributed by atoms with Crippen molar-refractivity contribution in [3.8, 4) is 0 Å². The number of nitrogens with one attached hydrogen (secondary N) is 1. The van der Waals surface area contributed by atoms with Gasteiger partial charge in [0.2, 0.25) is 15.9 Å². The van der Waals surface area contributed by atoms with Crippen LogP contribution >= 0.6 is 0 Å². The van der Waals surface area contributed by atoms with E-state index in [1.54, 1.807) is 0 Å². The van der Waals surface area contributed by atoms with E-state index in [4.69, 9.17) is 0 Å². The predicted octanol–water partition coefficient (Wildman–Crippen LogP) is 3.00. The molecule has 5 nitrogen and oxygen atoms in total. The summed E-state index contributed by atoms with van der Waals surface area (Å²) < 4.78 is 38.9. The van der Waals surface area contributed by atoms with E-state index in [1.807, 2.05) is 30.3 Å². The van der Waals surface area contributed by atoms with Gasteiger partial charge < -0.3 is 5.32 Å². The molecule has 0 aliphatic carbocycles. The van der Waals surface area contributed by atoms with E-state index in [2.05, 4.69) is 19.2 Å². The van der Waals surface area contributed by atoms with E-state index >= 15 is 0 Å². The number of hydrogen-bond acceptors (Lipinski definition) is 3. The maximum Gasteiger partial charge on any atom is 0.243 e. The van der Waals surface area contributed by atoms with Crippen molar-refractivity contribution in [2.24, 2.45) is 5.92 Å². The molecule has 2 aromatic carbocycles.